The van der Waals surface area contributed by atoms with Crippen LogP contribution in [0.2, 0.25) is 0 Å². The number of hydrogen-bond donors (Lipinski definition) is 1. The minimum Gasteiger partial charge on any atom is -0.361 e. The van der Waals surface area contributed by atoms with Crippen LogP contribution >= 0.6 is 0 Å². The molecule has 0 aliphatic carbocycles. The van der Waals surface area contributed by atoms with E-state index in [0.717, 1.165) is 5.52 Å². The molecule has 0 saturated heterocycles. The summed E-state index contributed by atoms with van der Waals surface area (Å²) >= 11 is 0. The molecule has 0 aliphatic heterocycles. The maximum atomic E-state index is 9.12. The van der Waals surface area contributed by atoms with Crippen LogP contribution in [0.5, 0.6) is 0 Å². The summed E-state index contributed by atoms with van der Waals surface area (Å²) in [5.74, 6) is 0.130. The maximum absolute atomic E-state index is 9.12. The molecule has 1 atom stereocenters. The fourth-order valence-electron chi connectivity index (χ4n) is 2.60. The second-order valence-corrected chi connectivity index (χ2v) is 4.61. The molecule has 1 aromatic heterocycles. The number of fused-ring (bicyclic) bond motifs is 1. The van der Waals surface area contributed by atoms with Crippen LogP contribution in [0.25, 0.3) is 10.9 Å². The summed E-state index contributed by atoms with van der Waals surface area (Å²) < 4.78 is 0. The Morgan fingerprint density at radius 2 is 1.84 bits per heavy atom. The van der Waals surface area contributed by atoms with Crippen molar-refractivity contribution in [2.24, 2.45) is 0 Å². The van der Waals surface area contributed by atoms with Gasteiger partial charge in [-0.2, -0.15) is 5.26 Å². The van der Waals surface area contributed by atoms with Crippen molar-refractivity contribution in [1.82, 2.24) is 4.98 Å². The largest absolute Gasteiger partial charge is 0.361 e. The number of aromatic amines is 1. The Morgan fingerprint density at radius 3 is 2.63 bits per heavy atom. The molecule has 2 heteroatoms. The van der Waals surface area contributed by atoms with Crippen molar-refractivity contribution in [2.45, 2.75) is 12.3 Å². The number of rotatable bonds is 3. The maximum Gasteiger partial charge on any atom is 0.0631 e. The number of nitrogens with one attached hydrogen (secondary N) is 1. The lowest BCUT2D eigenvalue weighted by molar-refractivity contribution is 0.846. The van der Waals surface area contributed by atoms with Crippen molar-refractivity contribution < 1.29 is 0 Å². The molecule has 0 radical (unpaired) electrons. The molecule has 0 saturated carbocycles. The summed E-state index contributed by atoms with van der Waals surface area (Å²) in [5.41, 5.74) is 3.53. The highest BCUT2D eigenvalue weighted by Gasteiger charge is 2.16. The van der Waals surface area contributed by atoms with E-state index in [0.29, 0.717) is 6.42 Å². The van der Waals surface area contributed by atoms with Crippen LogP contribution in [0.15, 0.2) is 60.8 Å². The zero-order valence-corrected chi connectivity index (χ0v) is 10.5. The van der Waals surface area contributed by atoms with Crippen LogP contribution in [-0.4, -0.2) is 4.98 Å². The number of aromatic nitrogens is 1. The molecule has 19 heavy (non-hydrogen) atoms. The van der Waals surface area contributed by atoms with Gasteiger partial charge in [-0.25, -0.2) is 0 Å². The molecule has 0 aliphatic rings. The first-order chi connectivity index (χ1) is 9.40. The molecule has 3 aromatic rings. The number of hydrogen-bond acceptors (Lipinski definition) is 1. The van der Waals surface area contributed by atoms with Gasteiger partial charge < -0.3 is 4.98 Å². The van der Waals surface area contributed by atoms with Gasteiger partial charge in [0.25, 0.3) is 0 Å². The third kappa shape index (κ3) is 2.11. The van der Waals surface area contributed by atoms with Gasteiger partial charge in [-0.05, 0) is 23.3 Å². The monoisotopic (exact) mass is 246 g/mol. The van der Waals surface area contributed by atoms with E-state index in [-0.39, 0.29) is 5.92 Å². The fraction of sp³-hybridized carbons (Fsp3) is 0.118. The molecular weight excluding hydrogens is 232 g/mol. The van der Waals surface area contributed by atoms with Crippen LogP contribution in [0.3, 0.4) is 0 Å². The first-order valence-electron chi connectivity index (χ1n) is 6.38. The van der Waals surface area contributed by atoms with E-state index in [1.54, 1.807) is 0 Å². The van der Waals surface area contributed by atoms with Gasteiger partial charge in [0.1, 0.15) is 0 Å². The molecule has 1 unspecified atom stereocenters. The lowest BCUT2D eigenvalue weighted by atomic mass is 9.87. The number of H-pyrrole nitrogens is 1. The van der Waals surface area contributed by atoms with Gasteiger partial charge in [-0.15, -0.1) is 0 Å². The molecule has 0 bridgehead atoms. The lowest BCUT2D eigenvalue weighted by Crippen LogP contribution is -2.00. The van der Waals surface area contributed by atoms with Gasteiger partial charge in [-0.3, -0.25) is 0 Å². The summed E-state index contributed by atoms with van der Waals surface area (Å²) in [6, 6.07) is 20.8. The Balaban J connectivity index is 2.15. The minimum atomic E-state index is 0.130. The van der Waals surface area contributed by atoms with E-state index in [9.17, 15) is 0 Å². The van der Waals surface area contributed by atoms with Crippen molar-refractivity contribution in [2.75, 3.05) is 0 Å². The molecule has 1 heterocycles. The van der Waals surface area contributed by atoms with Crippen LogP contribution < -0.4 is 0 Å². The van der Waals surface area contributed by atoms with Crippen molar-refractivity contribution in [3.8, 4) is 6.07 Å². The van der Waals surface area contributed by atoms with Gasteiger partial charge >= 0.3 is 0 Å². The molecule has 0 amide bonds. The van der Waals surface area contributed by atoms with Crippen molar-refractivity contribution >= 4 is 10.9 Å². The summed E-state index contributed by atoms with van der Waals surface area (Å²) in [6.07, 6.45) is 2.44. The summed E-state index contributed by atoms with van der Waals surface area (Å²) in [4.78, 5) is 3.23. The Morgan fingerprint density at radius 1 is 1.00 bits per heavy atom. The second kappa shape index (κ2) is 4.99. The first kappa shape index (κ1) is 11.6. The highest BCUT2D eigenvalue weighted by Crippen LogP contribution is 2.32. The normalized spacial score (nSPS) is 12.2. The van der Waals surface area contributed by atoms with Crippen LogP contribution in [0.4, 0.5) is 0 Å². The van der Waals surface area contributed by atoms with Gasteiger partial charge in [0.2, 0.25) is 0 Å². The van der Waals surface area contributed by atoms with Gasteiger partial charge in [0.15, 0.2) is 0 Å². The SMILES string of the molecule is N#CCC(c1ccccc1)c1cccc2[nH]ccc12. The van der Waals surface area contributed by atoms with Gasteiger partial charge in [0.05, 0.1) is 6.07 Å². The molecule has 3 rings (SSSR count). The van der Waals surface area contributed by atoms with Gasteiger partial charge in [0, 0.05) is 29.4 Å². The van der Waals surface area contributed by atoms with Crippen molar-refractivity contribution in [3.63, 3.8) is 0 Å². The van der Waals surface area contributed by atoms with E-state index in [1.807, 2.05) is 30.5 Å². The van der Waals surface area contributed by atoms with Crippen LogP contribution in [0.1, 0.15) is 23.5 Å². The average molecular weight is 246 g/mol. The predicted molar refractivity (Wildman–Crippen MR) is 76.8 cm³/mol. The molecule has 0 spiro atoms. The third-order valence-electron chi connectivity index (χ3n) is 3.50. The zero-order chi connectivity index (χ0) is 13.1. The first-order valence-corrected chi connectivity index (χ1v) is 6.38. The molecular formula is C17H14N2. The average Bonchev–Trinajstić information content (AvgIpc) is 2.94. The molecule has 2 aromatic carbocycles. The smallest absolute Gasteiger partial charge is 0.0631 e. The highest BCUT2D eigenvalue weighted by atomic mass is 14.7. The Labute approximate surface area is 112 Å². The van der Waals surface area contributed by atoms with Crippen molar-refractivity contribution in [1.29, 1.82) is 5.26 Å². The highest BCUT2D eigenvalue weighted by molar-refractivity contribution is 5.84. The Kier molecular flexibility index (Phi) is 3.04. The Hall–Kier alpha value is -2.53. The minimum absolute atomic E-state index is 0.130. The predicted octanol–water partition coefficient (Wildman–Crippen LogP) is 4.21. The zero-order valence-electron chi connectivity index (χ0n) is 10.5. The quantitative estimate of drug-likeness (QED) is 0.738. The summed E-state index contributed by atoms with van der Waals surface area (Å²) in [7, 11) is 0. The second-order valence-electron chi connectivity index (χ2n) is 4.61. The summed E-state index contributed by atoms with van der Waals surface area (Å²) in [5, 5.41) is 10.3. The fourth-order valence-corrected chi connectivity index (χ4v) is 2.60. The molecule has 1 N–H and O–H groups in total. The van der Waals surface area contributed by atoms with E-state index in [1.165, 1.54) is 16.5 Å². The molecule has 92 valence electrons. The molecule has 0 fully saturated rings. The number of benzene rings is 2. The van der Waals surface area contributed by atoms with Gasteiger partial charge in [-0.1, -0.05) is 42.5 Å². The number of nitriles is 1. The topological polar surface area (TPSA) is 39.6 Å². The van der Waals surface area contributed by atoms with E-state index >= 15 is 0 Å². The van der Waals surface area contributed by atoms with E-state index in [4.69, 9.17) is 5.26 Å². The standard InChI is InChI=1S/C17H14N2/c18-11-9-14(13-5-2-1-3-6-13)15-7-4-8-17-16(15)10-12-19-17/h1-8,10,12,14,19H,9H2. The third-order valence-corrected chi connectivity index (χ3v) is 3.50. The lowest BCUT2D eigenvalue weighted by Gasteiger charge is -2.15. The van der Waals surface area contributed by atoms with E-state index in [2.05, 4.69) is 41.4 Å². The summed E-state index contributed by atoms with van der Waals surface area (Å²) in [6.45, 7) is 0. The van der Waals surface area contributed by atoms with Crippen molar-refractivity contribution in [3.05, 3.63) is 71.9 Å². The Bertz CT molecular complexity index is 720. The van der Waals surface area contributed by atoms with Crippen LogP contribution in [0, 0.1) is 11.3 Å². The van der Waals surface area contributed by atoms with E-state index < -0.39 is 0 Å². The molecule has 2 nitrogen and oxygen atoms in total. The van der Waals surface area contributed by atoms with Crippen LogP contribution in [-0.2, 0) is 0 Å². The number of nitrogens with zero attached hydrogens (tertiary/aromatic N) is 1.